The normalized spacial score (nSPS) is 26.5. The Morgan fingerprint density at radius 1 is 1.35 bits per heavy atom. The fraction of sp³-hybridized carbons (Fsp3) is 1.00. The molecule has 2 unspecified atom stereocenters. The number of rotatable bonds is 5. The van der Waals surface area contributed by atoms with Crippen molar-refractivity contribution >= 4 is 0 Å². The van der Waals surface area contributed by atoms with E-state index in [-0.39, 0.29) is 5.60 Å². The molecule has 0 amide bonds. The van der Waals surface area contributed by atoms with Crippen LogP contribution in [0.4, 0.5) is 0 Å². The summed E-state index contributed by atoms with van der Waals surface area (Å²) >= 11 is 0. The third-order valence-electron chi connectivity index (χ3n) is 3.75. The van der Waals surface area contributed by atoms with E-state index in [0.717, 1.165) is 26.0 Å². The molecule has 1 N–H and O–H groups in total. The van der Waals surface area contributed by atoms with Crippen LogP contribution in [0.15, 0.2) is 0 Å². The second-order valence-electron chi connectivity index (χ2n) is 6.48. The number of ether oxygens (including phenoxy) is 1. The molecule has 2 atom stereocenters. The van der Waals surface area contributed by atoms with Crippen molar-refractivity contribution in [3.8, 4) is 0 Å². The van der Waals surface area contributed by atoms with Crippen LogP contribution in [-0.4, -0.2) is 49.8 Å². The van der Waals surface area contributed by atoms with Crippen molar-refractivity contribution in [1.82, 2.24) is 10.2 Å². The van der Waals surface area contributed by atoms with Crippen molar-refractivity contribution in [3.05, 3.63) is 0 Å². The van der Waals surface area contributed by atoms with Gasteiger partial charge in [0.1, 0.15) is 0 Å². The van der Waals surface area contributed by atoms with Gasteiger partial charge in [0.25, 0.3) is 0 Å². The Bertz CT molecular complexity index is 218. The summed E-state index contributed by atoms with van der Waals surface area (Å²) in [5.74, 6) is 0.686. The van der Waals surface area contributed by atoms with Crippen LogP contribution in [0.25, 0.3) is 0 Å². The van der Waals surface area contributed by atoms with Gasteiger partial charge in [-0.15, -0.1) is 0 Å². The van der Waals surface area contributed by atoms with E-state index in [1.54, 1.807) is 0 Å². The summed E-state index contributed by atoms with van der Waals surface area (Å²) in [5, 5.41) is 3.72. The third kappa shape index (κ3) is 4.94. The lowest BCUT2D eigenvalue weighted by Gasteiger charge is -2.37. The van der Waals surface area contributed by atoms with E-state index < -0.39 is 0 Å². The lowest BCUT2D eigenvalue weighted by atomic mass is 9.93. The van der Waals surface area contributed by atoms with E-state index in [1.807, 2.05) is 0 Å². The van der Waals surface area contributed by atoms with Crippen LogP contribution in [0.1, 0.15) is 40.5 Å². The van der Waals surface area contributed by atoms with Crippen LogP contribution < -0.4 is 5.32 Å². The highest BCUT2D eigenvalue weighted by Gasteiger charge is 2.29. The third-order valence-corrected chi connectivity index (χ3v) is 3.75. The van der Waals surface area contributed by atoms with Gasteiger partial charge in [-0.05, 0) is 46.7 Å². The molecule has 3 heteroatoms. The molecule has 1 saturated heterocycles. The molecule has 0 bridgehead atoms. The molecule has 3 nitrogen and oxygen atoms in total. The molecule has 1 fully saturated rings. The van der Waals surface area contributed by atoms with Crippen molar-refractivity contribution in [3.63, 3.8) is 0 Å². The predicted octanol–water partition coefficient (Wildman–Crippen LogP) is 2.12. The zero-order chi connectivity index (χ0) is 13.1. The molecule has 1 aliphatic rings. The average Bonchev–Trinajstić information content (AvgIpc) is 2.15. The predicted molar refractivity (Wildman–Crippen MR) is 73.4 cm³/mol. The van der Waals surface area contributed by atoms with Crippen LogP contribution in [-0.2, 0) is 4.74 Å². The smallest absolute Gasteiger partial charge is 0.0641 e. The van der Waals surface area contributed by atoms with Gasteiger partial charge in [-0.1, -0.05) is 13.8 Å². The first-order chi connectivity index (χ1) is 7.82. The molecule has 0 aromatic carbocycles. The van der Waals surface area contributed by atoms with Gasteiger partial charge in [-0.25, -0.2) is 0 Å². The number of hydrogen-bond acceptors (Lipinski definition) is 3. The number of hydrogen-bond donors (Lipinski definition) is 1. The Hall–Kier alpha value is -0.120. The van der Waals surface area contributed by atoms with E-state index >= 15 is 0 Å². The van der Waals surface area contributed by atoms with Crippen molar-refractivity contribution in [1.29, 1.82) is 0 Å². The fourth-order valence-electron chi connectivity index (χ4n) is 2.71. The second kappa shape index (κ2) is 6.17. The van der Waals surface area contributed by atoms with Crippen LogP contribution >= 0.6 is 0 Å². The summed E-state index contributed by atoms with van der Waals surface area (Å²) in [6.45, 7) is 10.9. The minimum atomic E-state index is 0.0430. The Morgan fingerprint density at radius 2 is 2.00 bits per heavy atom. The van der Waals surface area contributed by atoms with E-state index in [2.05, 4.69) is 52.0 Å². The van der Waals surface area contributed by atoms with E-state index in [9.17, 15) is 0 Å². The molecule has 102 valence electrons. The summed E-state index contributed by atoms with van der Waals surface area (Å²) in [4.78, 5) is 2.32. The fourth-order valence-corrected chi connectivity index (χ4v) is 2.71. The van der Waals surface area contributed by atoms with Crippen molar-refractivity contribution < 1.29 is 4.74 Å². The summed E-state index contributed by atoms with van der Waals surface area (Å²) < 4.78 is 5.75. The van der Waals surface area contributed by atoms with Crippen LogP contribution in [0.2, 0.25) is 0 Å². The summed E-state index contributed by atoms with van der Waals surface area (Å²) in [5.41, 5.74) is 0.0430. The van der Waals surface area contributed by atoms with Gasteiger partial charge in [-0.2, -0.15) is 0 Å². The molecule has 0 saturated carbocycles. The maximum atomic E-state index is 5.75. The van der Waals surface area contributed by atoms with Gasteiger partial charge in [0.15, 0.2) is 0 Å². The SMILES string of the molecule is CC(C)C(CNC1CCOC(C)(C)C1)N(C)C. The van der Waals surface area contributed by atoms with E-state index in [1.165, 1.54) is 0 Å². The van der Waals surface area contributed by atoms with Crippen LogP contribution in [0.3, 0.4) is 0 Å². The topological polar surface area (TPSA) is 24.5 Å². The van der Waals surface area contributed by atoms with Gasteiger partial charge in [0.2, 0.25) is 0 Å². The largest absolute Gasteiger partial charge is 0.375 e. The number of nitrogens with one attached hydrogen (secondary N) is 1. The van der Waals surface area contributed by atoms with Crippen molar-refractivity contribution in [2.24, 2.45) is 5.92 Å². The Kier molecular flexibility index (Phi) is 5.42. The molecule has 17 heavy (non-hydrogen) atoms. The Morgan fingerprint density at radius 3 is 2.47 bits per heavy atom. The highest BCUT2D eigenvalue weighted by atomic mass is 16.5. The molecule has 1 heterocycles. The van der Waals surface area contributed by atoms with Crippen LogP contribution in [0.5, 0.6) is 0 Å². The van der Waals surface area contributed by atoms with Gasteiger partial charge in [0, 0.05) is 25.2 Å². The molecule has 0 aromatic heterocycles. The highest BCUT2D eigenvalue weighted by Crippen LogP contribution is 2.24. The van der Waals surface area contributed by atoms with Gasteiger partial charge in [-0.3, -0.25) is 0 Å². The minimum absolute atomic E-state index is 0.0430. The summed E-state index contributed by atoms with van der Waals surface area (Å²) in [7, 11) is 4.33. The van der Waals surface area contributed by atoms with Gasteiger partial charge in [0.05, 0.1) is 5.60 Å². The standard InChI is InChI=1S/C14H30N2O/c1-11(2)13(16(5)6)10-15-12-7-8-17-14(3,4)9-12/h11-13,15H,7-10H2,1-6H3. The number of likely N-dealkylation sites (N-methyl/N-ethyl adjacent to an activating group) is 1. The first-order valence-electron chi connectivity index (χ1n) is 6.85. The second-order valence-corrected chi connectivity index (χ2v) is 6.48. The molecule has 0 spiro atoms. The van der Waals surface area contributed by atoms with Crippen LogP contribution in [0, 0.1) is 5.92 Å². The zero-order valence-electron chi connectivity index (χ0n) is 12.4. The minimum Gasteiger partial charge on any atom is -0.375 e. The molecule has 0 radical (unpaired) electrons. The van der Waals surface area contributed by atoms with Gasteiger partial charge < -0.3 is 15.0 Å². The Balaban J connectivity index is 2.38. The maximum Gasteiger partial charge on any atom is 0.0641 e. The lowest BCUT2D eigenvalue weighted by Crippen LogP contribution is -2.49. The lowest BCUT2D eigenvalue weighted by molar-refractivity contribution is -0.0634. The van der Waals surface area contributed by atoms with E-state index in [4.69, 9.17) is 4.74 Å². The number of nitrogens with zero attached hydrogens (tertiary/aromatic N) is 1. The summed E-state index contributed by atoms with van der Waals surface area (Å²) in [6.07, 6.45) is 2.26. The highest BCUT2D eigenvalue weighted by molar-refractivity contribution is 4.84. The van der Waals surface area contributed by atoms with Gasteiger partial charge >= 0.3 is 0 Å². The van der Waals surface area contributed by atoms with Crippen molar-refractivity contribution in [2.45, 2.75) is 58.2 Å². The molecule has 1 aliphatic heterocycles. The molecular weight excluding hydrogens is 212 g/mol. The first-order valence-corrected chi connectivity index (χ1v) is 6.85. The first kappa shape index (κ1) is 14.9. The average molecular weight is 242 g/mol. The monoisotopic (exact) mass is 242 g/mol. The molecular formula is C14H30N2O. The molecule has 0 aliphatic carbocycles. The quantitative estimate of drug-likeness (QED) is 0.799. The Labute approximate surface area is 107 Å². The van der Waals surface area contributed by atoms with E-state index in [0.29, 0.717) is 18.0 Å². The van der Waals surface area contributed by atoms with Crippen molar-refractivity contribution in [2.75, 3.05) is 27.2 Å². The molecule has 1 rings (SSSR count). The zero-order valence-corrected chi connectivity index (χ0v) is 12.4. The maximum absolute atomic E-state index is 5.75. The summed E-state index contributed by atoms with van der Waals surface area (Å²) in [6, 6.07) is 1.22. The molecule has 0 aromatic rings.